The molecule has 218 valence electrons. The van der Waals surface area contributed by atoms with Crippen LogP contribution in [-0.4, -0.2) is 39.9 Å². The van der Waals surface area contributed by atoms with Gasteiger partial charge in [-0.1, -0.05) is 39.0 Å². The van der Waals surface area contributed by atoms with E-state index in [2.05, 4.69) is 15.2 Å². The Hall–Kier alpha value is -3.37. The monoisotopic (exact) mass is 571 g/mol. The average molecular weight is 572 g/mol. The third-order valence-electron chi connectivity index (χ3n) is 8.84. The number of likely N-dealkylation sites (tertiary alicyclic amines) is 1. The minimum Gasteiger partial charge on any atom is -0.384 e. The van der Waals surface area contributed by atoms with E-state index in [4.69, 9.17) is 0 Å². The molecule has 0 bridgehead atoms. The van der Waals surface area contributed by atoms with E-state index in [1.807, 2.05) is 20.8 Å². The Morgan fingerprint density at radius 1 is 1.15 bits per heavy atom. The van der Waals surface area contributed by atoms with E-state index < -0.39 is 40.4 Å². The number of rotatable bonds is 5. The Balaban J connectivity index is 1.44. The van der Waals surface area contributed by atoms with Crippen LogP contribution in [0, 0.1) is 11.2 Å². The highest BCUT2D eigenvalue weighted by molar-refractivity contribution is 6.01. The van der Waals surface area contributed by atoms with Gasteiger partial charge in [-0.05, 0) is 54.7 Å². The van der Waals surface area contributed by atoms with Crippen LogP contribution in [0.4, 0.5) is 17.6 Å². The molecule has 2 aromatic carbocycles. The van der Waals surface area contributed by atoms with Crippen LogP contribution in [0.15, 0.2) is 48.7 Å². The van der Waals surface area contributed by atoms with Crippen molar-refractivity contribution < 1.29 is 32.3 Å². The smallest absolute Gasteiger partial charge is 0.384 e. The quantitative estimate of drug-likeness (QED) is 0.291. The van der Waals surface area contributed by atoms with Crippen LogP contribution >= 0.6 is 0 Å². The molecule has 2 N–H and O–H groups in total. The molecule has 2 amide bonds. The van der Waals surface area contributed by atoms with Crippen molar-refractivity contribution in [1.82, 2.24) is 15.2 Å². The molecule has 3 atom stereocenters. The van der Waals surface area contributed by atoms with Crippen molar-refractivity contribution in [3.8, 4) is 0 Å². The van der Waals surface area contributed by atoms with E-state index in [9.17, 15) is 27.9 Å². The number of nitrogens with one attached hydrogen (secondary N) is 1. The van der Waals surface area contributed by atoms with Gasteiger partial charge in [-0.3, -0.25) is 24.8 Å². The molecule has 0 radical (unpaired) electrons. The molecular formula is C31H33F4N3O3. The van der Waals surface area contributed by atoms with Crippen molar-refractivity contribution in [3.05, 3.63) is 76.7 Å². The lowest BCUT2D eigenvalue weighted by atomic mass is 9.66. The maximum atomic E-state index is 16.2. The van der Waals surface area contributed by atoms with Gasteiger partial charge in [0.25, 0.3) is 0 Å². The van der Waals surface area contributed by atoms with E-state index in [0.717, 1.165) is 17.7 Å². The minimum atomic E-state index is -4.41. The van der Waals surface area contributed by atoms with E-state index in [0.29, 0.717) is 37.0 Å². The van der Waals surface area contributed by atoms with Crippen LogP contribution in [0.2, 0.25) is 0 Å². The maximum Gasteiger partial charge on any atom is 0.416 e. The lowest BCUT2D eigenvalue weighted by Crippen LogP contribution is -2.56. The molecule has 41 heavy (non-hydrogen) atoms. The zero-order valence-electron chi connectivity index (χ0n) is 23.2. The van der Waals surface area contributed by atoms with Crippen molar-refractivity contribution >= 4 is 22.7 Å². The summed E-state index contributed by atoms with van der Waals surface area (Å²) in [5.41, 5.74) is -1.29. The largest absolute Gasteiger partial charge is 0.416 e. The molecule has 1 unspecified atom stereocenters. The van der Waals surface area contributed by atoms with Gasteiger partial charge < -0.3 is 5.11 Å². The number of pyridine rings is 1. The summed E-state index contributed by atoms with van der Waals surface area (Å²) in [6.45, 7) is 6.48. The van der Waals surface area contributed by atoms with Crippen LogP contribution in [0.1, 0.15) is 80.7 Å². The number of amides is 2. The molecule has 2 saturated heterocycles. The SMILES string of the molecule is CC[C@@H](c1ccc(C(F)(F)F)cc1)N1CC[C@](O)(c2ccc3ncc(C4CCC(=O)NC4=O)cc3c2F)C(C)(C)C1. The molecule has 2 aliphatic rings. The van der Waals surface area contributed by atoms with Crippen LogP contribution < -0.4 is 5.32 Å². The number of piperidine rings is 2. The van der Waals surface area contributed by atoms with Gasteiger partial charge in [-0.25, -0.2) is 4.39 Å². The predicted molar refractivity (Wildman–Crippen MR) is 145 cm³/mol. The van der Waals surface area contributed by atoms with Gasteiger partial charge >= 0.3 is 6.18 Å². The van der Waals surface area contributed by atoms with Crippen molar-refractivity contribution in [3.63, 3.8) is 0 Å². The highest BCUT2D eigenvalue weighted by Gasteiger charge is 2.51. The Bertz CT molecular complexity index is 1490. The Kier molecular flexibility index (Phi) is 7.44. The number of aromatic nitrogens is 1. The minimum absolute atomic E-state index is 0.138. The van der Waals surface area contributed by atoms with Crippen molar-refractivity contribution in [2.45, 2.75) is 70.2 Å². The maximum absolute atomic E-state index is 16.2. The molecule has 5 rings (SSSR count). The van der Waals surface area contributed by atoms with Gasteiger partial charge in [0.15, 0.2) is 0 Å². The number of hydrogen-bond donors (Lipinski definition) is 2. The molecule has 3 heterocycles. The molecule has 3 aromatic rings. The standard InChI is InChI=1S/C31H33F4N3O3/c1-4-25(18-5-7-20(8-6-18)31(33,34)35)38-14-13-30(41,29(2,3)17-38)23-10-11-24-22(27(23)32)15-19(16-36-24)21-9-12-26(39)37-28(21)40/h5-8,10-11,15-16,21,25,41H,4,9,12-14,17H2,1-3H3,(H,37,39,40)/t21?,25-,30-/m0/s1. The molecule has 0 aliphatic carbocycles. The number of nitrogens with zero attached hydrogens (tertiary/aromatic N) is 2. The third kappa shape index (κ3) is 5.23. The van der Waals surface area contributed by atoms with Crippen LogP contribution in [0.3, 0.4) is 0 Å². The lowest BCUT2D eigenvalue weighted by Gasteiger charge is -2.52. The predicted octanol–water partition coefficient (Wildman–Crippen LogP) is 5.98. The first-order chi connectivity index (χ1) is 19.2. The third-order valence-corrected chi connectivity index (χ3v) is 8.84. The fourth-order valence-corrected chi connectivity index (χ4v) is 6.43. The Labute approximate surface area is 235 Å². The molecule has 1 aromatic heterocycles. The summed E-state index contributed by atoms with van der Waals surface area (Å²) in [7, 11) is 0. The second kappa shape index (κ2) is 10.5. The molecule has 0 spiro atoms. The molecule has 0 saturated carbocycles. The van der Waals surface area contributed by atoms with Crippen molar-refractivity contribution in [2.75, 3.05) is 13.1 Å². The first-order valence-corrected chi connectivity index (χ1v) is 13.8. The Morgan fingerprint density at radius 2 is 1.85 bits per heavy atom. The summed E-state index contributed by atoms with van der Waals surface area (Å²) >= 11 is 0. The first kappa shape index (κ1) is 29.1. The number of alkyl halides is 3. The normalized spacial score (nSPS) is 24.3. The summed E-state index contributed by atoms with van der Waals surface area (Å²) in [6, 6.07) is 9.80. The zero-order valence-corrected chi connectivity index (χ0v) is 23.2. The van der Waals surface area contributed by atoms with Gasteiger partial charge in [-0.2, -0.15) is 13.2 Å². The van der Waals surface area contributed by atoms with Crippen molar-refractivity contribution in [1.29, 1.82) is 0 Å². The molecular weight excluding hydrogens is 538 g/mol. The fraction of sp³-hybridized carbons (Fsp3) is 0.452. The number of hydrogen-bond acceptors (Lipinski definition) is 5. The van der Waals surface area contributed by atoms with Gasteiger partial charge in [0, 0.05) is 48.1 Å². The van der Waals surface area contributed by atoms with E-state index in [-0.39, 0.29) is 35.7 Å². The highest BCUT2D eigenvalue weighted by Crippen LogP contribution is 2.49. The number of aliphatic hydroxyl groups is 1. The van der Waals surface area contributed by atoms with E-state index in [1.54, 1.807) is 18.2 Å². The molecule has 10 heteroatoms. The first-order valence-electron chi connectivity index (χ1n) is 13.8. The van der Waals surface area contributed by atoms with E-state index in [1.165, 1.54) is 18.3 Å². The van der Waals surface area contributed by atoms with Crippen molar-refractivity contribution in [2.24, 2.45) is 5.41 Å². The number of halogens is 4. The fourth-order valence-electron chi connectivity index (χ4n) is 6.43. The van der Waals surface area contributed by atoms with Gasteiger partial charge in [0.05, 0.1) is 22.6 Å². The summed E-state index contributed by atoms with van der Waals surface area (Å²) in [5, 5.41) is 14.6. The number of fused-ring (bicyclic) bond motifs is 1. The van der Waals surface area contributed by atoms with Crippen LogP contribution in [-0.2, 0) is 21.4 Å². The van der Waals surface area contributed by atoms with Gasteiger partial charge in [0.1, 0.15) is 5.82 Å². The van der Waals surface area contributed by atoms with E-state index >= 15 is 4.39 Å². The summed E-state index contributed by atoms with van der Waals surface area (Å²) in [6.07, 6.45) is -1.54. The molecule has 6 nitrogen and oxygen atoms in total. The zero-order chi connectivity index (χ0) is 29.7. The summed E-state index contributed by atoms with van der Waals surface area (Å²) in [5.74, 6) is -2.01. The second-order valence-electron chi connectivity index (χ2n) is 11.8. The molecule has 2 fully saturated rings. The van der Waals surface area contributed by atoms with Gasteiger partial charge in [-0.15, -0.1) is 0 Å². The average Bonchev–Trinajstić information content (AvgIpc) is 2.91. The number of carbonyl (C=O) groups excluding carboxylic acids is 2. The van der Waals surface area contributed by atoms with Crippen LogP contribution in [0.5, 0.6) is 0 Å². The summed E-state index contributed by atoms with van der Waals surface area (Å²) < 4.78 is 55.5. The lowest BCUT2D eigenvalue weighted by molar-refractivity contribution is -0.138. The Morgan fingerprint density at radius 3 is 2.46 bits per heavy atom. The summed E-state index contributed by atoms with van der Waals surface area (Å²) in [4.78, 5) is 30.5. The topological polar surface area (TPSA) is 82.5 Å². The number of benzene rings is 2. The van der Waals surface area contributed by atoms with Crippen LogP contribution in [0.25, 0.3) is 10.9 Å². The molecule has 2 aliphatic heterocycles. The number of carbonyl (C=O) groups is 2. The van der Waals surface area contributed by atoms with Gasteiger partial charge in [0.2, 0.25) is 11.8 Å². The highest BCUT2D eigenvalue weighted by atomic mass is 19.4. The number of imide groups is 1. The second-order valence-corrected chi connectivity index (χ2v) is 11.8.